The third-order valence-electron chi connectivity index (χ3n) is 2.65. The van der Waals surface area contributed by atoms with E-state index in [9.17, 15) is 9.90 Å². The topological polar surface area (TPSA) is 46.5 Å². The molecule has 3 nitrogen and oxygen atoms in total. The molecule has 0 amide bonds. The number of carbonyl (C=O) groups excluding carboxylic acids is 1. The molecule has 98 valence electrons. The first-order valence-electron chi connectivity index (χ1n) is 5.81. The Morgan fingerprint density at radius 1 is 1.11 bits per heavy atom. The van der Waals surface area contributed by atoms with Gasteiger partial charge in [0.1, 0.15) is 6.61 Å². The number of esters is 1. The Balaban J connectivity index is 1.99. The largest absolute Gasteiger partial charge is 0.459 e. The average molecular weight is 277 g/mol. The summed E-state index contributed by atoms with van der Waals surface area (Å²) in [5.41, 5.74) is 1.21. The van der Waals surface area contributed by atoms with Crippen molar-refractivity contribution in [1.82, 2.24) is 0 Å². The summed E-state index contributed by atoms with van der Waals surface area (Å²) < 4.78 is 5.05. The third kappa shape index (κ3) is 3.56. The summed E-state index contributed by atoms with van der Waals surface area (Å²) in [6, 6.07) is 15.9. The Labute approximate surface area is 116 Å². The van der Waals surface area contributed by atoms with Crippen molar-refractivity contribution in [2.24, 2.45) is 0 Å². The van der Waals surface area contributed by atoms with Crippen molar-refractivity contribution in [3.05, 3.63) is 70.7 Å². The fourth-order valence-corrected chi connectivity index (χ4v) is 1.87. The summed E-state index contributed by atoms with van der Waals surface area (Å²) in [5, 5.41) is 10.2. The standard InChI is InChI=1S/C15H13ClO3/c16-13-9-5-4-8-12(13)14(17)15(18)19-10-11-6-2-1-3-7-11/h1-9,14,17H,10H2/t14-/m1/s1. The first-order chi connectivity index (χ1) is 9.18. The van der Waals surface area contributed by atoms with E-state index in [0.29, 0.717) is 10.6 Å². The van der Waals surface area contributed by atoms with Gasteiger partial charge in [0.2, 0.25) is 0 Å². The number of hydrogen-bond acceptors (Lipinski definition) is 3. The molecule has 0 saturated carbocycles. The van der Waals surface area contributed by atoms with Gasteiger partial charge in [-0.05, 0) is 11.6 Å². The zero-order valence-electron chi connectivity index (χ0n) is 10.1. The van der Waals surface area contributed by atoms with Gasteiger partial charge in [0.05, 0.1) is 0 Å². The van der Waals surface area contributed by atoms with E-state index in [-0.39, 0.29) is 6.61 Å². The maximum Gasteiger partial charge on any atom is 0.340 e. The summed E-state index contributed by atoms with van der Waals surface area (Å²) in [6.07, 6.45) is -1.36. The molecule has 2 aromatic carbocycles. The van der Waals surface area contributed by atoms with E-state index in [4.69, 9.17) is 16.3 Å². The molecule has 2 aromatic rings. The highest BCUT2D eigenvalue weighted by Gasteiger charge is 2.21. The monoisotopic (exact) mass is 276 g/mol. The van der Waals surface area contributed by atoms with Crippen molar-refractivity contribution < 1.29 is 14.6 Å². The third-order valence-corrected chi connectivity index (χ3v) is 2.99. The molecule has 0 heterocycles. The number of hydrogen-bond donors (Lipinski definition) is 1. The van der Waals surface area contributed by atoms with E-state index < -0.39 is 12.1 Å². The highest BCUT2D eigenvalue weighted by atomic mass is 35.5. The molecule has 4 heteroatoms. The van der Waals surface area contributed by atoms with Gasteiger partial charge in [-0.15, -0.1) is 0 Å². The maximum absolute atomic E-state index is 11.7. The van der Waals surface area contributed by atoms with Crippen LogP contribution in [0.2, 0.25) is 5.02 Å². The minimum Gasteiger partial charge on any atom is -0.459 e. The Morgan fingerprint density at radius 2 is 1.74 bits per heavy atom. The van der Waals surface area contributed by atoms with E-state index in [1.54, 1.807) is 24.3 Å². The van der Waals surface area contributed by atoms with E-state index in [1.807, 2.05) is 30.3 Å². The van der Waals surface area contributed by atoms with Crippen LogP contribution in [-0.2, 0) is 16.1 Å². The number of benzene rings is 2. The van der Waals surface area contributed by atoms with Gasteiger partial charge in [0, 0.05) is 10.6 Å². The van der Waals surface area contributed by atoms with Crippen molar-refractivity contribution in [1.29, 1.82) is 0 Å². The predicted octanol–water partition coefficient (Wildman–Crippen LogP) is 3.12. The van der Waals surface area contributed by atoms with Crippen molar-refractivity contribution in [2.45, 2.75) is 12.7 Å². The van der Waals surface area contributed by atoms with E-state index in [2.05, 4.69) is 0 Å². The van der Waals surface area contributed by atoms with Gasteiger partial charge in [0.15, 0.2) is 6.10 Å². The van der Waals surface area contributed by atoms with Crippen LogP contribution in [0.25, 0.3) is 0 Å². The van der Waals surface area contributed by atoms with Crippen LogP contribution in [0.4, 0.5) is 0 Å². The second-order valence-corrected chi connectivity index (χ2v) is 4.42. The Hall–Kier alpha value is -1.84. The van der Waals surface area contributed by atoms with Crippen molar-refractivity contribution in [3.63, 3.8) is 0 Å². The molecule has 19 heavy (non-hydrogen) atoms. The van der Waals surface area contributed by atoms with Crippen LogP contribution >= 0.6 is 11.6 Å². The molecular weight excluding hydrogens is 264 g/mol. The van der Waals surface area contributed by atoms with E-state index in [1.165, 1.54) is 0 Å². The lowest BCUT2D eigenvalue weighted by Crippen LogP contribution is -2.15. The molecule has 0 spiro atoms. The lowest BCUT2D eigenvalue weighted by Gasteiger charge is -2.12. The van der Waals surface area contributed by atoms with Crippen molar-refractivity contribution in [2.75, 3.05) is 0 Å². The quantitative estimate of drug-likeness (QED) is 0.873. The van der Waals surface area contributed by atoms with Gasteiger partial charge >= 0.3 is 5.97 Å². The zero-order valence-corrected chi connectivity index (χ0v) is 10.9. The van der Waals surface area contributed by atoms with Gasteiger partial charge in [-0.1, -0.05) is 60.1 Å². The molecule has 0 radical (unpaired) electrons. The normalized spacial score (nSPS) is 11.9. The molecule has 0 unspecified atom stereocenters. The van der Waals surface area contributed by atoms with Crippen LogP contribution in [-0.4, -0.2) is 11.1 Å². The molecule has 0 saturated heterocycles. The molecule has 1 atom stereocenters. The summed E-state index contributed by atoms with van der Waals surface area (Å²) >= 11 is 5.91. The van der Waals surface area contributed by atoms with Crippen molar-refractivity contribution in [3.8, 4) is 0 Å². The number of halogens is 1. The number of aliphatic hydroxyl groups excluding tert-OH is 1. The minimum absolute atomic E-state index is 0.126. The first kappa shape index (κ1) is 13.6. The van der Waals surface area contributed by atoms with Crippen LogP contribution in [0.1, 0.15) is 17.2 Å². The Kier molecular flexibility index (Phi) is 4.55. The van der Waals surface area contributed by atoms with Crippen molar-refractivity contribution >= 4 is 17.6 Å². The molecular formula is C15H13ClO3. The molecule has 0 aliphatic heterocycles. The summed E-state index contributed by atoms with van der Waals surface area (Å²) in [7, 11) is 0. The Morgan fingerprint density at radius 3 is 2.42 bits per heavy atom. The molecule has 2 rings (SSSR count). The molecule has 0 bridgehead atoms. The smallest absolute Gasteiger partial charge is 0.340 e. The van der Waals surface area contributed by atoms with Crippen LogP contribution in [0.3, 0.4) is 0 Å². The average Bonchev–Trinajstić information content (AvgIpc) is 2.45. The summed E-state index contributed by atoms with van der Waals surface area (Å²) in [5.74, 6) is -0.711. The number of ether oxygens (including phenoxy) is 1. The lowest BCUT2D eigenvalue weighted by atomic mass is 10.1. The molecule has 0 aromatic heterocycles. The van der Waals surface area contributed by atoms with Gasteiger partial charge < -0.3 is 9.84 Å². The van der Waals surface area contributed by atoms with Crippen LogP contribution in [0, 0.1) is 0 Å². The second-order valence-electron chi connectivity index (χ2n) is 4.02. The molecule has 1 N–H and O–H groups in total. The second kappa shape index (κ2) is 6.36. The van der Waals surface area contributed by atoms with Crippen LogP contribution in [0.5, 0.6) is 0 Å². The zero-order chi connectivity index (χ0) is 13.7. The summed E-state index contributed by atoms with van der Waals surface area (Å²) in [4.78, 5) is 11.7. The number of carbonyl (C=O) groups is 1. The van der Waals surface area contributed by atoms with Gasteiger partial charge in [-0.2, -0.15) is 0 Å². The van der Waals surface area contributed by atoms with Gasteiger partial charge in [-0.3, -0.25) is 0 Å². The predicted molar refractivity (Wildman–Crippen MR) is 72.6 cm³/mol. The Bertz CT molecular complexity index is 554. The fraction of sp³-hybridized carbons (Fsp3) is 0.133. The maximum atomic E-state index is 11.7. The van der Waals surface area contributed by atoms with Gasteiger partial charge in [0.25, 0.3) is 0 Å². The van der Waals surface area contributed by atoms with E-state index >= 15 is 0 Å². The highest BCUT2D eigenvalue weighted by Crippen LogP contribution is 2.23. The minimum atomic E-state index is -1.36. The summed E-state index contributed by atoms with van der Waals surface area (Å²) in [6.45, 7) is 0.126. The number of aliphatic hydroxyl groups is 1. The van der Waals surface area contributed by atoms with E-state index in [0.717, 1.165) is 5.56 Å². The lowest BCUT2D eigenvalue weighted by molar-refractivity contribution is -0.155. The van der Waals surface area contributed by atoms with Crippen LogP contribution in [0.15, 0.2) is 54.6 Å². The molecule has 0 aliphatic rings. The SMILES string of the molecule is O=C(OCc1ccccc1)[C@H](O)c1ccccc1Cl. The molecule has 0 fully saturated rings. The number of rotatable bonds is 4. The van der Waals surface area contributed by atoms with Crippen LogP contribution < -0.4 is 0 Å². The molecule has 0 aliphatic carbocycles. The highest BCUT2D eigenvalue weighted by molar-refractivity contribution is 6.31. The fourth-order valence-electron chi connectivity index (χ4n) is 1.63. The first-order valence-corrected chi connectivity index (χ1v) is 6.19. The van der Waals surface area contributed by atoms with Gasteiger partial charge in [-0.25, -0.2) is 4.79 Å².